The number of ether oxygens (including phenoxy) is 1. The molecule has 0 aliphatic carbocycles. The van der Waals surface area contributed by atoms with Gasteiger partial charge in [-0.1, -0.05) is 32.9 Å². The lowest BCUT2D eigenvalue weighted by molar-refractivity contribution is -0.136. The highest BCUT2D eigenvalue weighted by molar-refractivity contribution is 5.93. The number of morpholine rings is 1. The van der Waals surface area contributed by atoms with Gasteiger partial charge in [0, 0.05) is 38.7 Å². The Bertz CT molecular complexity index is 606. The van der Waals surface area contributed by atoms with E-state index in [2.05, 4.69) is 43.1 Å². The molecule has 1 fully saturated rings. The molecule has 2 rings (SSSR count). The average Bonchev–Trinajstić information content (AvgIpc) is 3.10. The first-order valence-electron chi connectivity index (χ1n) is 10.0. The van der Waals surface area contributed by atoms with Gasteiger partial charge in [-0.3, -0.25) is 14.5 Å². The van der Waals surface area contributed by atoms with E-state index in [1.165, 1.54) is 6.26 Å². The van der Waals surface area contributed by atoms with Crippen LogP contribution < -0.4 is 5.32 Å². The molecule has 1 saturated heterocycles. The second kappa shape index (κ2) is 10.6. The lowest BCUT2D eigenvalue weighted by Gasteiger charge is -2.31. The lowest BCUT2D eigenvalue weighted by Crippen LogP contribution is -2.45. The van der Waals surface area contributed by atoms with Gasteiger partial charge in [-0.15, -0.1) is 0 Å². The van der Waals surface area contributed by atoms with Gasteiger partial charge in [-0.05, 0) is 17.8 Å². The summed E-state index contributed by atoms with van der Waals surface area (Å²) in [6.07, 6.45) is 2.80. The van der Waals surface area contributed by atoms with Crippen LogP contribution >= 0.6 is 0 Å². The summed E-state index contributed by atoms with van der Waals surface area (Å²) in [5.74, 6) is 0.358. The maximum Gasteiger partial charge on any atom is 0.245 e. The summed E-state index contributed by atoms with van der Waals surface area (Å²) in [5, 5.41) is 6.35. The van der Waals surface area contributed by atoms with Crippen LogP contribution in [0.4, 0.5) is 5.82 Å². The fourth-order valence-corrected chi connectivity index (χ4v) is 3.56. The van der Waals surface area contributed by atoms with Crippen molar-refractivity contribution in [1.82, 2.24) is 15.0 Å². The van der Waals surface area contributed by atoms with Gasteiger partial charge in [-0.25, -0.2) is 0 Å². The minimum absolute atomic E-state index is 0.0122. The standard InChI is InChI=1S/C20H34N4O4/c1-16(14-20(2,3)4)13-19(26)24(7-6-23-8-11-27-12-9-23)15-18(25)21-17-5-10-28-22-17/h5,10,16H,6-9,11-15H2,1-4H3,(H,21,22,25). The van der Waals surface area contributed by atoms with E-state index in [1.807, 2.05) is 0 Å². The Hall–Kier alpha value is -1.93. The second-order valence-electron chi connectivity index (χ2n) is 8.78. The largest absolute Gasteiger partial charge is 0.379 e. The van der Waals surface area contributed by atoms with E-state index in [0.717, 1.165) is 26.1 Å². The number of hydrogen-bond acceptors (Lipinski definition) is 6. The monoisotopic (exact) mass is 394 g/mol. The van der Waals surface area contributed by atoms with Gasteiger partial charge in [0.15, 0.2) is 5.82 Å². The molecule has 1 aliphatic rings. The van der Waals surface area contributed by atoms with Crippen LogP contribution in [-0.4, -0.2) is 72.7 Å². The van der Waals surface area contributed by atoms with Crippen LogP contribution in [0.25, 0.3) is 0 Å². The van der Waals surface area contributed by atoms with E-state index >= 15 is 0 Å². The number of nitrogens with one attached hydrogen (secondary N) is 1. The van der Waals surface area contributed by atoms with Crippen LogP contribution in [0.1, 0.15) is 40.5 Å². The first-order valence-corrected chi connectivity index (χ1v) is 10.0. The average molecular weight is 395 g/mol. The molecular weight excluding hydrogens is 360 g/mol. The normalized spacial score (nSPS) is 16.6. The predicted octanol–water partition coefficient (Wildman–Crippen LogP) is 2.24. The predicted molar refractivity (Wildman–Crippen MR) is 107 cm³/mol. The van der Waals surface area contributed by atoms with Crippen LogP contribution in [0.2, 0.25) is 0 Å². The minimum atomic E-state index is -0.271. The van der Waals surface area contributed by atoms with Crippen LogP contribution in [0.15, 0.2) is 16.9 Å². The topological polar surface area (TPSA) is 87.9 Å². The van der Waals surface area contributed by atoms with E-state index in [9.17, 15) is 9.59 Å². The molecule has 158 valence electrons. The van der Waals surface area contributed by atoms with Crippen molar-refractivity contribution in [3.05, 3.63) is 12.3 Å². The van der Waals surface area contributed by atoms with Gasteiger partial charge >= 0.3 is 0 Å². The maximum absolute atomic E-state index is 12.9. The molecule has 1 aliphatic heterocycles. The molecule has 0 radical (unpaired) electrons. The van der Waals surface area contributed by atoms with E-state index in [1.54, 1.807) is 11.0 Å². The third kappa shape index (κ3) is 8.39. The molecule has 1 aromatic rings. The van der Waals surface area contributed by atoms with E-state index in [-0.39, 0.29) is 29.7 Å². The van der Waals surface area contributed by atoms with Gasteiger partial charge in [0.05, 0.1) is 19.8 Å². The zero-order valence-corrected chi connectivity index (χ0v) is 17.6. The Kier molecular flexibility index (Phi) is 8.44. The van der Waals surface area contributed by atoms with Crippen LogP contribution in [0.5, 0.6) is 0 Å². The summed E-state index contributed by atoms with van der Waals surface area (Å²) >= 11 is 0. The first kappa shape index (κ1) is 22.4. The minimum Gasteiger partial charge on any atom is -0.379 e. The summed E-state index contributed by atoms with van der Waals surface area (Å²) < 4.78 is 10.1. The fourth-order valence-electron chi connectivity index (χ4n) is 3.56. The number of carbonyl (C=O) groups is 2. The summed E-state index contributed by atoms with van der Waals surface area (Å²) in [6.45, 7) is 13.0. The maximum atomic E-state index is 12.9. The number of rotatable bonds is 9. The summed E-state index contributed by atoms with van der Waals surface area (Å²) in [4.78, 5) is 29.2. The Morgan fingerprint density at radius 1 is 1.32 bits per heavy atom. The first-order chi connectivity index (χ1) is 13.2. The molecule has 1 N–H and O–H groups in total. The number of carbonyl (C=O) groups excluding carboxylic acids is 2. The van der Waals surface area contributed by atoms with E-state index in [0.29, 0.717) is 32.0 Å². The number of hydrogen-bond donors (Lipinski definition) is 1. The van der Waals surface area contributed by atoms with Gasteiger partial charge in [0.2, 0.25) is 11.8 Å². The Morgan fingerprint density at radius 2 is 2.04 bits per heavy atom. The van der Waals surface area contributed by atoms with Crippen molar-refractivity contribution < 1.29 is 18.8 Å². The number of aromatic nitrogens is 1. The Labute approximate surface area is 167 Å². The molecule has 8 heteroatoms. The van der Waals surface area contributed by atoms with Crippen molar-refractivity contribution in [3.8, 4) is 0 Å². The summed E-state index contributed by atoms with van der Waals surface area (Å²) in [6, 6.07) is 1.57. The Morgan fingerprint density at radius 3 is 2.64 bits per heavy atom. The lowest BCUT2D eigenvalue weighted by atomic mass is 9.84. The quantitative estimate of drug-likeness (QED) is 0.691. The van der Waals surface area contributed by atoms with Gasteiger partial charge in [0.25, 0.3) is 0 Å². The smallest absolute Gasteiger partial charge is 0.245 e. The van der Waals surface area contributed by atoms with Gasteiger partial charge < -0.3 is 19.5 Å². The third-order valence-corrected chi connectivity index (χ3v) is 4.67. The van der Waals surface area contributed by atoms with Gasteiger partial charge in [-0.2, -0.15) is 0 Å². The second-order valence-corrected chi connectivity index (χ2v) is 8.78. The zero-order valence-electron chi connectivity index (χ0n) is 17.6. The van der Waals surface area contributed by atoms with Crippen molar-refractivity contribution >= 4 is 17.6 Å². The van der Waals surface area contributed by atoms with Crippen molar-refractivity contribution in [2.45, 2.75) is 40.5 Å². The highest BCUT2D eigenvalue weighted by atomic mass is 16.5. The molecule has 0 bridgehead atoms. The molecule has 1 unspecified atom stereocenters. The van der Waals surface area contributed by atoms with E-state index < -0.39 is 0 Å². The summed E-state index contributed by atoms with van der Waals surface area (Å²) in [7, 11) is 0. The molecule has 2 amide bonds. The zero-order chi connectivity index (χ0) is 20.6. The molecule has 8 nitrogen and oxygen atoms in total. The Balaban J connectivity index is 1.93. The highest BCUT2D eigenvalue weighted by Crippen LogP contribution is 2.26. The molecule has 0 aromatic carbocycles. The van der Waals surface area contributed by atoms with E-state index in [4.69, 9.17) is 9.26 Å². The molecular formula is C20H34N4O4. The third-order valence-electron chi connectivity index (χ3n) is 4.67. The summed E-state index contributed by atoms with van der Waals surface area (Å²) in [5.41, 5.74) is 0.169. The van der Waals surface area contributed by atoms with Crippen LogP contribution in [0.3, 0.4) is 0 Å². The van der Waals surface area contributed by atoms with Crippen molar-refractivity contribution in [2.24, 2.45) is 11.3 Å². The van der Waals surface area contributed by atoms with Crippen LogP contribution in [0, 0.1) is 11.3 Å². The van der Waals surface area contributed by atoms with Crippen molar-refractivity contribution in [2.75, 3.05) is 51.3 Å². The number of anilines is 1. The fraction of sp³-hybridized carbons (Fsp3) is 0.750. The number of amides is 2. The van der Waals surface area contributed by atoms with Crippen molar-refractivity contribution in [3.63, 3.8) is 0 Å². The van der Waals surface area contributed by atoms with Crippen LogP contribution in [-0.2, 0) is 14.3 Å². The SMILES string of the molecule is CC(CC(=O)N(CCN1CCOCC1)CC(=O)Nc1ccon1)CC(C)(C)C. The molecule has 0 saturated carbocycles. The molecule has 1 atom stereocenters. The molecule has 1 aromatic heterocycles. The highest BCUT2D eigenvalue weighted by Gasteiger charge is 2.23. The number of nitrogens with zero attached hydrogens (tertiary/aromatic N) is 3. The molecule has 0 spiro atoms. The van der Waals surface area contributed by atoms with Gasteiger partial charge in [0.1, 0.15) is 6.26 Å². The molecule has 28 heavy (non-hydrogen) atoms. The molecule has 2 heterocycles. The van der Waals surface area contributed by atoms with Crippen molar-refractivity contribution in [1.29, 1.82) is 0 Å².